The largest absolute Gasteiger partial charge is 0.465 e. The zero-order valence-electron chi connectivity index (χ0n) is 9.81. The van der Waals surface area contributed by atoms with Crippen LogP contribution in [0.2, 0.25) is 0 Å². The molecule has 2 rings (SSSR count). The molecule has 1 aromatic heterocycles. The summed E-state index contributed by atoms with van der Waals surface area (Å²) in [5, 5.41) is 0. The Kier molecular flexibility index (Phi) is 3.19. The predicted molar refractivity (Wildman–Crippen MR) is 65.7 cm³/mol. The molecule has 0 aliphatic rings. The quantitative estimate of drug-likeness (QED) is 0.740. The van der Waals surface area contributed by atoms with Gasteiger partial charge in [0, 0.05) is 11.8 Å². The van der Waals surface area contributed by atoms with Gasteiger partial charge in [0.15, 0.2) is 0 Å². The standard InChI is InChI=1S/C14H13NO2/c1-10-6-7-13(15-9-10)11-4-3-5-12(8-11)14(16)17-2/h3-9H,1-2H3. The molecule has 1 aromatic carbocycles. The SMILES string of the molecule is COC(=O)c1cccc(-c2ccc(C)cn2)c1. The van der Waals surface area contributed by atoms with Crippen LogP contribution in [0.4, 0.5) is 0 Å². The first-order chi connectivity index (χ1) is 8.20. The van der Waals surface area contributed by atoms with Crippen LogP contribution in [-0.4, -0.2) is 18.1 Å². The fourth-order valence-electron chi connectivity index (χ4n) is 1.56. The maximum Gasteiger partial charge on any atom is 0.337 e. The molecular formula is C14H13NO2. The summed E-state index contributed by atoms with van der Waals surface area (Å²) in [5.74, 6) is -0.334. The van der Waals surface area contributed by atoms with E-state index in [4.69, 9.17) is 0 Å². The molecule has 0 unspecified atom stereocenters. The molecule has 3 heteroatoms. The van der Waals surface area contributed by atoms with Gasteiger partial charge in [-0.05, 0) is 30.7 Å². The molecule has 0 bridgehead atoms. The zero-order chi connectivity index (χ0) is 12.3. The molecule has 86 valence electrons. The second-order valence-electron chi connectivity index (χ2n) is 3.79. The third kappa shape index (κ3) is 2.50. The van der Waals surface area contributed by atoms with E-state index in [1.165, 1.54) is 7.11 Å². The number of benzene rings is 1. The van der Waals surface area contributed by atoms with Crippen molar-refractivity contribution in [1.82, 2.24) is 4.98 Å². The third-order valence-corrected chi connectivity index (χ3v) is 2.49. The molecule has 3 nitrogen and oxygen atoms in total. The smallest absolute Gasteiger partial charge is 0.337 e. The molecule has 0 aliphatic heterocycles. The Morgan fingerprint density at radius 2 is 2.06 bits per heavy atom. The van der Waals surface area contributed by atoms with Crippen LogP contribution in [0, 0.1) is 6.92 Å². The van der Waals surface area contributed by atoms with E-state index in [9.17, 15) is 4.79 Å². The van der Waals surface area contributed by atoms with Crippen molar-refractivity contribution in [2.45, 2.75) is 6.92 Å². The minimum atomic E-state index is -0.334. The van der Waals surface area contributed by atoms with Crippen molar-refractivity contribution in [2.75, 3.05) is 7.11 Å². The molecular weight excluding hydrogens is 214 g/mol. The molecule has 1 heterocycles. The molecule has 17 heavy (non-hydrogen) atoms. The summed E-state index contributed by atoms with van der Waals surface area (Å²) in [6, 6.07) is 11.2. The molecule has 0 fully saturated rings. The summed E-state index contributed by atoms with van der Waals surface area (Å²) < 4.78 is 4.69. The minimum absolute atomic E-state index is 0.334. The first-order valence-corrected chi connectivity index (χ1v) is 5.32. The lowest BCUT2D eigenvalue weighted by Gasteiger charge is -2.04. The molecule has 0 saturated heterocycles. The molecule has 0 radical (unpaired) electrons. The number of carbonyl (C=O) groups excluding carboxylic acids is 1. The summed E-state index contributed by atoms with van der Waals surface area (Å²) >= 11 is 0. The van der Waals surface area contributed by atoms with Gasteiger partial charge in [0.05, 0.1) is 18.4 Å². The van der Waals surface area contributed by atoms with Gasteiger partial charge in [0.1, 0.15) is 0 Å². The van der Waals surface area contributed by atoms with Crippen LogP contribution in [0.3, 0.4) is 0 Å². The number of esters is 1. The minimum Gasteiger partial charge on any atom is -0.465 e. The third-order valence-electron chi connectivity index (χ3n) is 2.49. The Hall–Kier alpha value is -2.16. The van der Waals surface area contributed by atoms with E-state index in [2.05, 4.69) is 9.72 Å². The van der Waals surface area contributed by atoms with Gasteiger partial charge in [0.2, 0.25) is 0 Å². The number of methoxy groups -OCH3 is 1. The van der Waals surface area contributed by atoms with Gasteiger partial charge in [-0.25, -0.2) is 4.79 Å². The maximum absolute atomic E-state index is 11.4. The topological polar surface area (TPSA) is 39.2 Å². The lowest BCUT2D eigenvalue weighted by Crippen LogP contribution is -2.00. The Labute approximate surface area is 100 Å². The molecule has 2 aromatic rings. The lowest BCUT2D eigenvalue weighted by molar-refractivity contribution is 0.0601. The van der Waals surface area contributed by atoms with Crippen molar-refractivity contribution in [3.05, 3.63) is 53.7 Å². The van der Waals surface area contributed by atoms with Crippen LogP contribution in [-0.2, 0) is 4.74 Å². The van der Waals surface area contributed by atoms with Crippen molar-refractivity contribution in [3.63, 3.8) is 0 Å². The van der Waals surface area contributed by atoms with Gasteiger partial charge >= 0.3 is 5.97 Å². The van der Waals surface area contributed by atoms with Gasteiger partial charge in [0.25, 0.3) is 0 Å². The van der Waals surface area contributed by atoms with Crippen LogP contribution < -0.4 is 0 Å². The van der Waals surface area contributed by atoms with E-state index >= 15 is 0 Å². The average molecular weight is 227 g/mol. The second-order valence-corrected chi connectivity index (χ2v) is 3.79. The van der Waals surface area contributed by atoms with Crippen LogP contribution in [0.15, 0.2) is 42.6 Å². The molecule has 0 amide bonds. The number of hydrogen-bond donors (Lipinski definition) is 0. The number of aryl methyl sites for hydroxylation is 1. The van der Waals surface area contributed by atoms with Gasteiger partial charge in [-0.2, -0.15) is 0 Å². The normalized spacial score (nSPS) is 10.0. The summed E-state index contributed by atoms with van der Waals surface area (Å²) in [4.78, 5) is 15.7. The molecule has 0 saturated carbocycles. The highest BCUT2D eigenvalue weighted by Crippen LogP contribution is 2.18. The lowest BCUT2D eigenvalue weighted by atomic mass is 10.1. The highest BCUT2D eigenvalue weighted by molar-refractivity contribution is 5.90. The summed E-state index contributed by atoms with van der Waals surface area (Å²) in [5.41, 5.74) is 3.40. The summed E-state index contributed by atoms with van der Waals surface area (Å²) in [6.07, 6.45) is 1.81. The number of hydrogen-bond acceptors (Lipinski definition) is 3. The van der Waals surface area contributed by atoms with Crippen molar-refractivity contribution >= 4 is 5.97 Å². The zero-order valence-corrected chi connectivity index (χ0v) is 9.81. The van der Waals surface area contributed by atoms with Gasteiger partial charge in [-0.1, -0.05) is 18.2 Å². The Balaban J connectivity index is 2.39. The summed E-state index contributed by atoms with van der Waals surface area (Å²) in [7, 11) is 1.37. The second kappa shape index (κ2) is 4.78. The van der Waals surface area contributed by atoms with Crippen molar-refractivity contribution in [3.8, 4) is 11.3 Å². The van der Waals surface area contributed by atoms with Crippen LogP contribution in [0.5, 0.6) is 0 Å². The van der Waals surface area contributed by atoms with Crippen molar-refractivity contribution < 1.29 is 9.53 Å². The van der Waals surface area contributed by atoms with Gasteiger partial charge in [-0.15, -0.1) is 0 Å². The van der Waals surface area contributed by atoms with Crippen molar-refractivity contribution in [2.24, 2.45) is 0 Å². The Bertz CT molecular complexity index is 532. The number of nitrogens with zero attached hydrogens (tertiary/aromatic N) is 1. The van der Waals surface area contributed by atoms with E-state index in [1.807, 2.05) is 31.2 Å². The fraction of sp³-hybridized carbons (Fsp3) is 0.143. The number of carbonyl (C=O) groups is 1. The Morgan fingerprint density at radius 1 is 1.24 bits per heavy atom. The van der Waals surface area contributed by atoms with E-state index in [0.717, 1.165) is 16.8 Å². The highest BCUT2D eigenvalue weighted by Gasteiger charge is 2.06. The van der Waals surface area contributed by atoms with Crippen LogP contribution in [0.25, 0.3) is 11.3 Å². The summed E-state index contributed by atoms with van der Waals surface area (Å²) in [6.45, 7) is 1.99. The average Bonchev–Trinajstić information content (AvgIpc) is 2.39. The van der Waals surface area contributed by atoms with E-state index in [0.29, 0.717) is 5.56 Å². The maximum atomic E-state index is 11.4. The monoisotopic (exact) mass is 227 g/mol. The molecule has 0 spiro atoms. The molecule has 0 N–H and O–H groups in total. The first-order valence-electron chi connectivity index (χ1n) is 5.32. The van der Waals surface area contributed by atoms with E-state index in [1.54, 1.807) is 18.3 Å². The van der Waals surface area contributed by atoms with E-state index < -0.39 is 0 Å². The predicted octanol–water partition coefficient (Wildman–Crippen LogP) is 2.84. The molecule has 0 aliphatic carbocycles. The molecule has 0 atom stereocenters. The van der Waals surface area contributed by atoms with Crippen molar-refractivity contribution in [1.29, 1.82) is 0 Å². The number of rotatable bonds is 2. The van der Waals surface area contributed by atoms with Gasteiger partial charge in [-0.3, -0.25) is 4.98 Å². The first kappa shape index (κ1) is 11.3. The fourth-order valence-corrected chi connectivity index (χ4v) is 1.56. The van der Waals surface area contributed by atoms with Gasteiger partial charge < -0.3 is 4.74 Å². The highest BCUT2D eigenvalue weighted by atomic mass is 16.5. The number of ether oxygens (including phenoxy) is 1. The number of pyridine rings is 1. The Morgan fingerprint density at radius 3 is 2.71 bits per heavy atom. The van der Waals surface area contributed by atoms with Crippen LogP contribution >= 0.6 is 0 Å². The van der Waals surface area contributed by atoms with Crippen LogP contribution in [0.1, 0.15) is 15.9 Å². The van der Waals surface area contributed by atoms with E-state index in [-0.39, 0.29) is 5.97 Å². The number of aromatic nitrogens is 1.